The SMILES string of the molecule is Cl.Cn1cc([C@H]2CNC[C@@H]2C(=O)N2CCC(Oc3ccc(F)cc3F)CC2)cn1. The van der Waals surface area contributed by atoms with E-state index in [4.69, 9.17) is 4.74 Å². The summed E-state index contributed by atoms with van der Waals surface area (Å²) in [4.78, 5) is 14.9. The van der Waals surface area contributed by atoms with E-state index in [0.717, 1.165) is 18.2 Å². The molecule has 1 N–H and O–H groups in total. The number of aromatic nitrogens is 2. The predicted octanol–water partition coefficient (Wildman–Crippen LogP) is 2.49. The van der Waals surface area contributed by atoms with Crippen molar-refractivity contribution in [1.29, 1.82) is 0 Å². The number of piperidine rings is 1. The molecule has 0 unspecified atom stereocenters. The summed E-state index contributed by atoms with van der Waals surface area (Å²) < 4.78 is 34.2. The van der Waals surface area contributed by atoms with E-state index in [9.17, 15) is 13.6 Å². The number of aryl methyl sites for hydroxylation is 1. The molecule has 0 bridgehead atoms. The van der Waals surface area contributed by atoms with Crippen molar-refractivity contribution in [2.24, 2.45) is 13.0 Å². The number of nitrogens with one attached hydrogen (secondary N) is 1. The maximum atomic E-state index is 13.8. The fourth-order valence-corrected chi connectivity index (χ4v) is 4.10. The van der Waals surface area contributed by atoms with Crippen LogP contribution in [0.15, 0.2) is 30.6 Å². The molecule has 4 rings (SSSR count). The van der Waals surface area contributed by atoms with Gasteiger partial charge in [-0.1, -0.05) is 0 Å². The van der Waals surface area contributed by atoms with E-state index < -0.39 is 11.6 Å². The van der Waals surface area contributed by atoms with Crippen LogP contribution in [0.2, 0.25) is 0 Å². The normalized spacial score (nSPS) is 22.4. The van der Waals surface area contributed by atoms with Crippen LogP contribution in [0.4, 0.5) is 8.78 Å². The Morgan fingerprint density at radius 1 is 1.24 bits per heavy atom. The number of benzene rings is 1. The molecule has 2 fully saturated rings. The summed E-state index contributed by atoms with van der Waals surface area (Å²) in [6.07, 6.45) is 4.87. The molecule has 0 radical (unpaired) electrons. The number of hydrogen-bond donors (Lipinski definition) is 1. The molecule has 9 heteroatoms. The summed E-state index contributed by atoms with van der Waals surface area (Å²) in [6, 6.07) is 3.31. The second-order valence-electron chi connectivity index (χ2n) is 7.54. The van der Waals surface area contributed by atoms with Gasteiger partial charge < -0.3 is 15.0 Å². The van der Waals surface area contributed by atoms with Crippen LogP contribution in [0.1, 0.15) is 24.3 Å². The monoisotopic (exact) mass is 426 g/mol. The molecule has 158 valence electrons. The zero-order chi connectivity index (χ0) is 19.7. The topological polar surface area (TPSA) is 59.4 Å². The van der Waals surface area contributed by atoms with Gasteiger partial charge in [0.05, 0.1) is 12.1 Å². The lowest BCUT2D eigenvalue weighted by Crippen LogP contribution is -2.45. The van der Waals surface area contributed by atoms with Crippen molar-refractivity contribution in [2.45, 2.75) is 24.9 Å². The van der Waals surface area contributed by atoms with Crippen molar-refractivity contribution in [2.75, 3.05) is 26.2 Å². The number of rotatable bonds is 4. The fraction of sp³-hybridized carbons (Fsp3) is 0.500. The van der Waals surface area contributed by atoms with Gasteiger partial charge in [-0.05, 0) is 17.7 Å². The lowest BCUT2D eigenvalue weighted by atomic mass is 9.89. The highest BCUT2D eigenvalue weighted by molar-refractivity contribution is 5.85. The standard InChI is InChI=1S/C20H24F2N4O2.ClH/c1-25-12-13(9-24-25)16-10-23-11-17(16)20(27)26-6-4-15(5-7-26)28-19-3-2-14(21)8-18(19)22;/h2-3,8-9,12,15-17,23H,4-7,10-11H2,1H3;1H/t16-,17+;/m1./s1. The van der Waals surface area contributed by atoms with Gasteiger partial charge in [-0.15, -0.1) is 12.4 Å². The summed E-state index contributed by atoms with van der Waals surface area (Å²) in [6.45, 7) is 2.58. The van der Waals surface area contributed by atoms with E-state index in [1.807, 2.05) is 24.3 Å². The third-order valence-electron chi connectivity index (χ3n) is 5.63. The van der Waals surface area contributed by atoms with Crippen LogP contribution in [-0.2, 0) is 11.8 Å². The van der Waals surface area contributed by atoms with E-state index in [2.05, 4.69) is 10.4 Å². The van der Waals surface area contributed by atoms with Crippen molar-refractivity contribution in [3.8, 4) is 5.75 Å². The van der Waals surface area contributed by atoms with Gasteiger partial charge in [-0.2, -0.15) is 5.10 Å². The number of nitrogens with zero attached hydrogens (tertiary/aromatic N) is 3. The molecule has 0 spiro atoms. The van der Waals surface area contributed by atoms with Crippen LogP contribution < -0.4 is 10.1 Å². The Hall–Kier alpha value is -2.19. The van der Waals surface area contributed by atoms with Crippen LogP contribution >= 0.6 is 12.4 Å². The predicted molar refractivity (Wildman–Crippen MR) is 106 cm³/mol. The average Bonchev–Trinajstić information content (AvgIpc) is 3.33. The molecule has 3 heterocycles. The molecule has 1 aromatic carbocycles. The highest BCUT2D eigenvalue weighted by Gasteiger charge is 2.38. The van der Waals surface area contributed by atoms with Gasteiger partial charge in [-0.25, -0.2) is 8.78 Å². The fourth-order valence-electron chi connectivity index (χ4n) is 4.10. The minimum atomic E-state index is -0.699. The van der Waals surface area contributed by atoms with Gasteiger partial charge in [0.2, 0.25) is 5.91 Å². The quantitative estimate of drug-likeness (QED) is 0.816. The van der Waals surface area contributed by atoms with E-state index >= 15 is 0 Å². The van der Waals surface area contributed by atoms with Gasteiger partial charge in [0, 0.05) is 64.2 Å². The molecule has 6 nitrogen and oxygen atoms in total. The summed E-state index contributed by atoms with van der Waals surface area (Å²) in [7, 11) is 1.87. The molecule has 2 atom stereocenters. The number of carbonyl (C=O) groups is 1. The summed E-state index contributed by atoms with van der Waals surface area (Å²) in [5.74, 6) is -1.10. The maximum Gasteiger partial charge on any atom is 0.227 e. The van der Waals surface area contributed by atoms with E-state index in [0.29, 0.717) is 32.5 Å². The van der Waals surface area contributed by atoms with Crippen molar-refractivity contribution in [3.63, 3.8) is 0 Å². The number of carbonyl (C=O) groups excluding carboxylic acids is 1. The van der Waals surface area contributed by atoms with Crippen LogP contribution in [0.25, 0.3) is 0 Å². The van der Waals surface area contributed by atoms with Crippen LogP contribution in [-0.4, -0.2) is 52.9 Å². The Morgan fingerprint density at radius 3 is 2.66 bits per heavy atom. The van der Waals surface area contributed by atoms with Gasteiger partial charge in [0.1, 0.15) is 11.9 Å². The average molecular weight is 427 g/mol. The lowest BCUT2D eigenvalue weighted by Gasteiger charge is -2.34. The van der Waals surface area contributed by atoms with Crippen molar-refractivity contribution in [1.82, 2.24) is 20.0 Å². The molecule has 2 aliphatic rings. The van der Waals surface area contributed by atoms with Gasteiger partial charge in [-0.3, -0.25) is 9.48 Å². The smallest absolute Gasteiger partial charge is 0.227 e. The molecule has 29 heavy (non-hydrogen) atoms. The Morgan fingerprint density at radius 2 is 2.00 bits per heavy atom. The van der Waals surface area contributed by atoms with Gasteiger partial charge in [0.25, 0.3) is 0 Å². The first-order valence-electron chi connectivity index (χ1n) is 9.61. The minimum Gasteiger partial charge on any atom is -0.487 e. The second-order valence-corrected chi connectivity index (χ2v) is 7.54. The lowest BCUT2D eigenvalue weighted by molar-refractivity contribution is -0.137. The first kappa shape index (κ1) is 21.5. The minimum absolute atomic E-state index is 0. The molecule has 1 amide bonds. The molecule has 2 saturated heterocycles. The Bertz CT molecular complexity index is 855. The zero-order valence-corrected chi connectivity index (χ0v) is 17.0. The van der Waals surface area contributed by atoms with Crippen LogP contribution in [0.3, 0.4) is 0 Å². The Balaban J connectivity index is 0.00000240. The van der Waals surface area contributed by atoms with Gasteiger partial charge >= 0.3 is 0 Å². The highest BCUT2D eigenvalue weighted by atomic mass is 35.5. The molecule has 0 saturated carbocycles. The number of amides is 1. The molecule has 2 aliphatic heterocycles. The largest absolute Gasteiger partial charge is 0.487 e. The number of hydrogen-bond acceptors (Lipinski definition) is 4. The zero-order valence-electron chi connectivity index (χ0n) is 16.2. The summed E-state index contributed by atoms with van der Waals surface area (Å²) in [5, 5.41) is 7.54. The molecule has 1 aromatic heterocycles. The molecule has 0 aliphatic carbocycles. The second kappa shape index (κ2) is 9.09. The molecular formula is C20H25ClF2N4O2. The van der Waals surface area contributed by atoms with Gasteiger partial charge in [0.15, 0.2) is 11.6 Å². The Labute approximate surface area is 174 Å². The van der Waals surface area contributed by atoms with E-state index in [1.54, 1.807) is 4.68 Å². The van der Waals surface area contributed by atoms with E-state index in [-0.39, 0.29) is 42.0 Å². The summed E-state index contributed by atoms with van der Waals surface area (Å²) >= 11 is 0. The number of halogens is 3. The van der Waals surface area contributed by atoms with Crippen LogP contribution in [0.5, 0.6) is 5.75 Å². The highest BCUT2D eigenvalue weighted by Crippen LogP contribution is 2.30. The number of likely N-dealkylation sites (tertiary alicyclic amines) is 1. The van der Waals surface area contributed by atoms with E-state index in [1.165, 1.54) is 12.1 Å². The molecule has 2 aromatic rings. The van der Waals surface area contributed by atoms with Crippen molar-refractivity contribution >= 4 is 18.3 Å². The van der Waals surface area contributed by atoms with Crippen molar-refractivity contribution < 1.29 is 18.3 Å². The van der Waals surface area contributed by atoms with Crippen LogP contribution in [0, 0.1) is 17.6 Å². The molecular weight excluding hydrogens is 402 g/mol. The third-order valence-corrected chi connectivity index (χ3v) is 5.63. The first-order valence-corrected chi connectivity index (χ1v) is 9.61. The first-order chi connectivity index (χ1) is 13.5. The van der Waals surface area contributed by atoms with Crippen molar-refractivity contribution in [3.05, 3.63) is 47.8 Å². The summed E-state index contributed by atoms with van der Waals surface area (Å²) in [5.41, 5.74) is 1.08. The third kappa shape index (κ3) is 4.70. The Kier molecular flexibility index (Phi) is 6.74. The maximum absolute atomic E-state index is 13.8. The number of ether oxygens (including phenoxy) is 1.